The quantitative estimate of drug-likeness (QED) is 0.0122. The SMILES string of the molecule is CC[C@@H](C)C(CC(=O)C[C@@H](O)C[C@H](O[C@@H]1O[C@@H](CC)[C@@H](O)C1O)[C@H](C)CC)C[C@H](O)CC(=O)N[C@H]1C(CO)O[C@@H](OC(=O)[C@]23CCC(C)(C)CC2C2=CCC4C5(C)CC[C@H](O[C@@H]6OC[C@@H](O)[C@H](O[C@@H]7OC[C@@H](O)[C@H](O)C7O)C6O[C@@H]6OC(CO)[C@H](O)[C@H](O)C6O)[C@](C)(C=O)[C@@H]5CC[C@]4(C)[C@]2(C)CC3O)[C@H](O[C@@H]2OC(C)[C@H](O[C@@H]3OC[C@@H](O)C(O[C@@H]4OC[C@@](O)(CO)C4O)[C@H]3O)C(O)[C@@H]2O)C1O. The van der Waals surface area contributed by atoms with E-state index >= 15 is 4.79 Å². The van der Waals surface area contributed by atoms with E-state index in [2.05, 4.69) is 32.2 Å². The Morgan fingerprint density at radius 2 is 1.10 bits per heavy atom. The van der Waals surface area contributed by atoms with E-state index in [-0.39, 0.29) is 68.5 Å². The minimum absolute atomic E-state index is 0.0161. The van der Waals surface area contributed by atoms with Gasteiger partial charge in [-0.1, -0.05) is 101 Å². The van der Waals surface area contributed by atoms with Gasteiger partial charge in [-0.2, -0.15) is 0 Å². The Labute approximate surface area is 790 Å². The highest BCUT2D eigenvalue weighted by atomic mass is 16.8. The lowest BCUT2D eigenvalue weighted by Crippen LogP contribution is -2.70. The molecule has 4 saturated carbocycles. The Morgan fingerprint density at radius 3 is 1.74 bits per heavy atom. The third-order valence-electron chi connectivity index (χ3n) is 33.8. The highest BCUT2D eigenvalue weighted by Gasteiger charge is 2.74. The highest BCUT2D eigenvalue weighted by Crippen LogP contribution is 2.76. The third kappa shape index (κ3) is 21.3. The molecule has 13 rings (SSSR count). The van der Waals surface area contributed by atoms with Crippen LogP contribution in [-0.4, -0.2) is 422 Å². The first-order valence-electron chi connectivity index (χ1n) is 48.7. The Balaban J connectivity index is 0.745. The van der Waals surface area contributed by atoms with E-state index in [4.69, 9.17) is 75.8 Å². The van der Waals surface area contributed by atoms with Crippen molar-refractivity contribution in [2.45, 2.75) is 431 Å². The summed E-state index contributed by atoms with van der Waals surface area (Å²) in [7, 11) is 0. The summed E-state index contributed by atoms with van der Waals surface area (Å²) in [6, 6.07) is -1.72. The number of nitrogens with one attached hydrogen (secondary N) is 1. The number of hydrogen-bond acceptors (Lipinski definition) is 42. The third-order valence-corrected chi connectivity index (χ3v) is 33.8. The van der Waals surface area contributed by atoms with Gasteiger partial charge in [0, 0.05) is 19.3 Å². The number of rotatable bonds is 36. The number of allylic oxidation sites excluding steroid dienone is 2. The number of aliphatic hydroxyl groups is 22. The van der Waals surface area contributed by atoms with E-state index < -0.39 is 354 Å². The first-order chi connectivity index (χ1) is 64.0. The minimum Gasteiger partial charge on any atom is -0.432 e. The largest absolute Gasteiger partial charge is 0.432 e. The maximum atomic E-state index is 16.4. The van der Waals surface area contributed by atoms with Crippen molar-refractivity contribution in [3.8, 4) is 0 Å². The van der Waals surface area contributed by atoms with Crippen molar-refractivity contribution in [3.63, 3.8) is 0 Å². The van der Waals surface area contributed by atoms with Crippen LogP contribution in [0, 0.1) is 68.0 Å². The topological polar surface area (TPSA) is 673 Å². The molecule has 13 aliphatic rings. The number of Topliss-reactive ketones (excluding diaryl/α,β-unsaturated/α-hetero) is 1. The van der Waals surface area contributed by atoms with E-state index in [1.165, 1.54) is 6.92 Å². The molecule has 50 atom stereocenters. The molecule has 43 nitrogen and oxygen atoms in total. The average Bonchev–Trinajstić information content (AvgIpc) is 0.780. The zero-order valence-electron chi connectivity index (χ0n) is 79.5. The summed E-state index contributed by atoms with van der Waals surface area (Å²) in [5, 5.41) is 250. The van der Waals surface area contributed by atoms with Crippen molar-refractivity contribution in [2.24, 2.45) is 68.0 Å². The van der Waals surface area contributed by atoms with Crippen LogP contribution in [0.3, 0.4) is 0 Å². The van der Waals surface area contributed by atoms with Gasteiger partial charge in [0.15, 0.2) is 50.1 Å². The normalized spacial score (nSPS) is 48.8. The van der Waals surface area contributed by atoms with E-state index in [1.807, 2.05) is 41.5 Å². The van der Waals surface area contributed by atoms with Crippen molar-refractivity contribution in [3.05, 3.63) is 11.6 Å². The fourth-order valence-electron chi connectivity index (χ4n) is 24.7. The Morgan fingerprint density at radius 1 is 0.529 bits per heavy atom. The Bertz CT molecular complexity index is 3970. The summed E-state index contributed by atoms with van der Waals surface area (Å²) in [5.41, 5.74) is -7.25. The molecule has 8 saturated heterocycles. The van der Waals surface area contributed by atoms with Crippen LogP contribution in [0.25, 0.3) is 0 Å². The molecular weight excluding hydrogens is 1800 g/mol. The van der Waals surface area contributed by atoms with Gasteiger partial charge in [-0.05, 0) is 135 Å². The molecule has 782 valence electrons. The van der Waals surface area contributed by atoms with Gasteiger partial charge in [-0.15, -0.1) is 0 Å². The van der Waals surface area contributed by atoms with Crippen LogP contribution in [-0.2, 0) is 95.0 Å². The fraction of sp³-hybridized carbons (Fsp3) is 0.935. The van der Waals surface area contributed by atoms with Gasteiger partial charge in [-0.25, -0.2) is 0 Å². The number of aliphatic hydroxyl groups excluding tert-OH is 21. The van der Waals surface area contributed by atoms with Crippen LogP contribution in [0.5, 0.6) is 0 Å². The molecule has 8 aliphatic heterocycles. The fourth-order valence-corrected chi connectivity index (χ4v) is 24.7. The number of hydrogen-bond donors (Lipinski definition) is 23. The number of carbonyl (C=O) groups is 4. The van der Waals surface area contributed by atoms with E-state index in [9.17, 15) is 127 Å². The molecule has 0 spiro atoms. The summed E-state index contributed by atoms with van der Waals surface area (Å²) in [6.07, 6.45) is -54.7. The summed E-state index contributed by atoms with van der Waals surface area (Å²) >= 11 is 0. The predicted molar refractivity (Wildman–Crippen MR) is 461 cm³/mol. The molecule has 23 N–H and O–H groups in total. The van der Waals surface area contributed by atoms with E-state index in [0.717, 1.165) is 11.9 Å². The number of esters is 1. The number of aldehydes is 1. The number of amides is 1. The number of fused-ring (bicyclic) bond motifs is 7. The van der Waals surface area contributed by atoms with Gasteiger partial charge in [-0.3, -0.25) is 14.4 Å². The monoisotopic (exact) mass is 1960 g/mol. The van der Waals surface area contributed by atoms with Crippen molar-refractivity contribution in [2.75, 3.05) is 46.2 Å². The van der Waals surface area contributed by atoms with Crippen LogP contribution in [0.4, 0.5) is 0 Å². The van der Waals surface area contributed by atoms with Crippen LogP contribution < -0.4 is 5.32 Å². The van der Waals surface area contributed by atoms with Gasteiger partial charge >= 0.3 is 5.97 Å². The first kappa shape index (κ1) is 110. The Kier molecular flexibility index (Phi) is 35.6. The number of carbonyl (C=O) groups excluding carboxylic acids is 4. The summed E-state index contributed by atoms with van der Waals surface area (Å²) < 4.78 is 97.5. The highest BCUT2D eigenvalue weighted by molar-refractivity contribution is 5.80. The standard InChI is InChI=1S/C93H153NO42/c1-13-39(4)42(24-43(99)26-45(101)27-52(40(5)14-2)127-81-68(114)62(108)51(15-3)126-81)25-44(100)28-59(106)94-60-53(31-95)128-84(75(64(60)110)134-80-70(116)66(112)72(41(6)125-80)131-79-71(117)73(49(103)34-122-79)132-85-77(118)92(120,37-98)38-124-85)136-86(119)93-23-22-87(7,8)29-47(93)46-16-17-56-88(9)20-19-58(89(10,36-97)55(88)18-21-90(56,11)91(46,12)30-57(93)105)130-83-76(135-82-69(115)65(111)63(109)54(32-96)129-82)74(50(104)35-123-83)133-78-67(113)61(107)48(102)33-121-78/h16,36,39-42,44-45,47-58,60-85,95-96,98,100-105,107-118,120H,13-15,17-35,37-38H2,1-12H3,(H,94,106)/t39-,40-,41?,42?,44+,45-,47?,48-,49-,50-,51+,52+,53?,54?,55-,56?,57?,58+,60+,61+,62-,63+,64?,65+,66?,67?,68?,69?,70+,71-,72+,73?,74+,75-,76?,77?,78+,79+,80+,81+,82+,83+,84+,85+,88?,89-,90+,91-,92+,93-/m1/s1. The number of ketones is 1. The second-order valence-electron chi connectivity index (χ2n) is 43.0. The summed E-state index contributed by atoms with van der Waals surface area (Å²) in [4.78, 5) is 59.3. The lowest BCUT2D eigenvalue weighted by molar-refractivity contribution is -0.384. The van der Waals surface area contributed by atoms with Crippen molar-refractivity contribution in [1.82, 2.24) is 5.32 Å². The van der Waals surface area contributed by atoms with Crippen molar-refractivity contribution >= 4 is 23.9 Å². The van der Waals surface area contributed by atoms with Gasteiger partial charge in [0.1, 0.15) is 151 Å². The van der Waals surface area contributed by atoms with Crippen LogP contribution >= 0.6 is 0 Å². The Hall–Kier alpha value is -3.46. The molecule has 8 heterocycles. The zero-order chi connectivity index (χ0) is 99.6. The maximum Gasteiger partial charge on any atom is 0.317 e. The molecule has 136 heavy (non-hydrogen) atoms. The number of ether oxygens (including phenoxy) is 16. The molecule has 0 aromatic heterocycles. The second kappa shape index (κ2) is 44.1. The molecule has 5 aliphatic carbocycles. The van der Waals surface area contributed by atoms with Crippen LogP contribution in [0.1, 0.15) is 192 Å². The minimum atomic E-state index is -2.20. The smallest absolute Gasteiger partial charge is 0.317 e. The molecule has 12 fully saturated rings. The maximum absolute atomic E-state index is 16.4. The van der Waals surface area contributed by atoms with Gasteiger partial charge in [0.2, 0.25) is 12.2 Å². The molecule has 0 aromatic rings. The molecular formula is C93H153NO42. The second-order valence-corrected chi connectivity index (χ2v) is 43.0. The molecule has 0 aromatic carbocycles. The average molecular weight is 1960 g/mol. The van der Waals surface area contributed by atoms with Crippen molar-refractivity contribution < 1.29 is 207 Å². The van der Waals surface area contributed by atoms with E-state index in [1.54, 1.807) is 13.8 Å². The molecule has 0 bridgehead atoms. The molecule has 43 heteroatoms. The lowest BCUT2D eigenvalue weighted by atomic mass is 9.33. The van der Waals surface area contributed by atoms with E-state index in [0.29, 0.717) is 57.8 Å². The lowest BCUT2D eigenvalue weighted by Gasteiger charge is -2.71. The van der Waals surface area contributed by atoms with Gasteiger partial charge in [0.25, 0.3) is 0 Å². The summed E-state index contributed by atoms with van der Waals surface area (Å²) in [5.74, 6) is -4.69. The zero-order valence-corrected chi connectivity index (χ0v) is 79.5. The van der Waals surface area contributed by atoms with Gasteiger partial charge < -0.3 is 198 Å². The molecule has 0 radical (unpaired) electrons. The van der Waals surface area contributed by atoms with Crippen LogP contribution in [0.2, 0.25) is 0 Å². The summed E-state index contributed by atoms with van der Waals surface area (Å²) in [6.45, 7) is 18.0. The van der Waals surface area contributed by atoms with Crippen LogP contribution in [0.15, 0.2) is 11.6 Å². The van der Waals surface area contributed by atoms with Crippen molar-refractivity contribution in [1.29, 1.82) is 0 Å². The molecule has 16 unspecified atom stereocenters. The molecule has 1 amide bonds. The van der Waals surface area contributed by atoms with Gasteiger partial charge in [0.05, 0.1) is 107 Å². The first-order valence-corrected chi connectivity index (χ1v) is 48.7. The predicted octanol–water partition coefficient (Wildman–Crippen LogP) is -4.51.